The van der Waals surface area contributed by atoms with Crippen molar-refractivity contribution >= 4 is 21.9 Å². The minimum absolute atomic E-state index is 0.0721. The number of amides is 1. The lowest BCUT2D eigenvalue weighted by molar-refractivity contribution is -0.138. The number of carbonyl (C=O) groups is 2. The van der Waals surface area contributed by atoms with Gasteiger partial charge in [0.05, 0.1) is 7.11 Å². The molecule has 1 fully saturated rings. The van der Waals surface area contributed by atoms with E-state index in [4.69, 9.17) is 9.84 Å². The van der Waals surface area contributed by atoms with E-state index in [2.05, 4.69) is 0 Å². The summed E-state index contributed by atoms with van der Waals surface area (Å²) in [7, 11) is -2.42. The van der Waals surface area contributed by atoms with Crippen molar-refractivity contribution in [3.05, 3.63) is 23.8 Å². The van der Waals surface area contributed by atoms with Crippen LogP contribution >= 0.6 is 0 Å². The van der Waals surface area contributed by atoms with E-state index in [0.29, 0.717) is 19.5 Å². The van der Waals surface area contributed by atoms with Gasteiger partial charge in [0.1, 0.15) is 17.2 Å². The summed E-state index contributed by atoms with van der Waals surface area (Å²) >= 11 is 0. The van der Waals surface area contributed by atoms with Crippen LogP contribution in [0, 0.1) is 0 Å². The monoisotopic (exact) mass is 398 g/mol. The number of carboxylic acids is 1. The highest BCUT2D eigenvalue weighted by Crippen LogP contribution is 2.30. The molecule has 150 valence electrons. The number of carbonyl (C=O) groups excluding carboxylic acids is 1. The quantitative estimate of drug-likeness (QED) is 0.716. The maximum Gasteiger partial charge on any atom is 0.323 e. The molecular weight excluding hydrogens is 372 g/mol. The predicted molar refractivity (Wildman–Crippen MR) is 99.4 cm³/mol. The van der Waals surface area contributed by atoms with E-state index in [1.54, 1.807) is 6.92 Å². The topological polar surface area (TPSA) is 104 Å². The highest BCUT2D eigenvalue weighted by Gasteiger charge is 2.31. The Morgan fingerprint density at radius 3 is 2.44 bits per heavy atom. The number of aliphatic carboxylic acids is 1. The number of methoxy groups -OCH3 is 1. The van der Waals surface area contributed by atoms with Crippen molar-refractivity contribution < 1.29 is 27.9 Å². The van der Waals surface area contributed by atoms with Gasteiger partial charge < -0.3 is 14.7 Å². The van der Waals surface area contributed by atoms with Gasteiger partial charge in [0.2, 0.25) is 10.0 Å². The second-order valence-corrected chi connectivity index (χ2v) is 8.47. The van der Waals surface area contributed by atoms with Crippen LogP contribution in [0.3, 0.4) is 0 Å². The number of carboxylic acid groups (broad SMARTS) is 1. The maximum atomic E-state index is 13.0. The van der Waals surface area contributed by atoms with Gasteiger partial charge in [-0.05, 0) is 44.4 Å². The van der Waals surface area contributed by atoms with E-state index in [0.717, 1.165) is 12.8 Å². The lowest BCUT2D eigenvalue weighted by Crippen LogP contribution is -2.42. The number of benzene rings is 1. The molecule has 8 nitrogen and oxygen atoms in total. The summed E-state index contributed by atoms with van der Waals surface area (Å²) in [5, 5.41) is 9.12. The maximum absolute atomic E-state index is 13.0. The molecule has 1 aliphatic heterocycles. The van der Waals surface area contributed by atoms with E-state index in [-0.39, 0.29) is 22.3 Å². The second-order valence-electron chi connectivity index (χ2n) is 6.56. The van der Waals surface area contributed by atoms with Gasteiger partial charge >= 0.3 is 5.97 Å². The first-order valence-electron chi connectivity index (χ1n) is 8.93. The van der Waals surface area contributed by atoms with E-state index < -0.39 is 28.4 Å². The van der Waals surface area contributed by atoms with Crippen molar-refractivity contribution in [3.8, 4) is 5.75 Å². The van der Waals surface area contributed by atoms with Gasteiger partial charge in [-0.25, -0.2) is 8.42 Å². The minimum atomic E-state index is -3.79. The average Bonchev–Trinajstić information content (AvgIpc) is 3.19. The van der Waals surface area contributed by atoms with Crippen molar-refractivity contribution in [1.29, 1.82) is 0 Å². The number of ether oxygens (including phenoxy) is 1. The Bertz CT molecular complexity index is 802. The molecule has 0 saturated carbocycles. The summed E-state index contributed by atoms with van der Waals surface area (Å²) in [6.07, 6.45) is 2.16. The fraction of sp³-hybridized carbons (Fsp3) is 0.556. The molecule has 0 spiro atoms. The van der Waals surface area contributed by atoms with Gasteiger partial charge in [-0.3, -0.25) is 9.59 Å². The molecule has 2 rings (SSSR count). The SMILES string of the molecule is CCC(C)N(CC(=O)O)C(=O)c1ccc(OC)c(S(=O)(=O)N2CCCC2)c1. The molecule has 1 heterocycles. The first kappa shape index (κ1) is 21.2. The van der Waals surface area contributed by atoms with E-state index in [1.807, 2.05) is 6.92 Å². The lowest BCUT2D eigenvalue weighted by atomic mass is 10.1. The van der Waals surface area contributed by atoms with Crippen molar-refractivity contribution in [2.24, 2.45) is 0 Å². The summed E-state index contributed by atoms with van der Waals surface area (Å²) in [6, 6.07) is 3.88. The molecule has 1 amide bonds. The van der Waals surface area contributed by atoms with Crippen molar-refractivity contribution in [3.63, 3.8) is 0 Å². The average molecular weight is 398 g/mol. The summed E-state index contributed by atoms with van der Waals surface area (Å²) in [5.74, 6) is -1.49. The predicted octanol–water partition coefficient (Wildman–Crippen LogP) is 1.81. The first-order valence-corrected chi connectivity index (χ1v) is 10.4. The molecule has 1 N–H and O–H groups in total. The molecule has 9 heteroatoms. The van der Waals surface area contributed by atoms with E-state index >= 15 is 0 Å². The van der Waals surface area contributed by atoms with Gasteiger partial charge in [-0.2, -0.15) is 4.31 Å². The lowest BCUT2D eigenvalue weighted by Gasteiger charge is -2.27. The summed E-state index contributed by atoms with van der Waals surface area (Å²) in [4.78, 5) is 25.2. The largest absolute Gasteiger partial charge is 0.495 e. The van der Waals surface area contributed by atoms with E-state index in [1.165, 1.54) is 34.5 Å². The molecule has 1 atom stereocenters. The fourth-order valence-electron chi connectivity index (χ4n) is 3.04. The van der Waals surface area contributed by atoms with Crippen LogP contribution in [0.5, 0.6) is 5.75 Å². The fourth-order valence-corrected chi connectivity index (χ4v) is 4.74. The molecule has 27 heavy (non-hydrogen) atoms. The summed E-state index contributed by atoms with van der Waals surface area (Å²) < 4.78 is 32.5. The van der Waals surface area contributed by atoms with Crippen LogP contribution in [0.1, 0.15) is 43.5 Å². The zero-order chi connectivity index (χ0) is 20.2. The van der Waals surface area contributed by atoms with Gasteiger partial charge in [0, 0.05) is 24.7 Å². The number of sulfonamides is 1. The third kappa shape index (κ3) is 4.59. The molecule has 0 aliphatic carbocycles. The van der Waals surface area contributed by atoms with Crippen LogP contribution in [0.25, 0.3) is 0 Å². The van der Waals surface area contributed by atoms with Crippen molar-refractivity contribution in [2.45, 2.75) is 44.0 Å². The highest BCUT2D eigenvalue weighted by atomic mass is 32.2. The van der Waals surface area contributed by atoms with Gasteiger partial charge in [-0.15, -0.1) is 0 Å². The van der Waals surface area contributed by atoms with Crippen LogP contribution in [0.15, 0.2) is 23.1 Å². The Morgan fingerprint density at radius 1 is 1.30 bits per heavy atom. The third-order valence-corrected chi connectivity index (χ3v) is 6.70. The standard InChI is InChI=1S/C18H26N2O6S/c1-4-13(2)20(12-17(21)22)18(23)14-7-8-15(26-3)16(11-14)27(24,25)19-9-5-6-10-19/h7-8,11,13H,4-6,9-10,12H2,1-3H3,(H,21,22). The molecule has 1 aromatic carbocycles. The van der Waals surface area contributed by atoms with Crippen LogP contribution in [0.2, 0.25) is 0 Å². The van der Waals surface area contributed by atoms with Crippen molar-refractivity contribution in [2.75, 3.05) is 26.7 Å². The molecule has 0 radical (unpaired) electrons. The number of rotatable bonds is 8. The molecule has 1 saturated heterocycles. The van der Waals surface area contributed by atoms with Crippen LogP contribution in [0.4, 0.5) is 0 Å². The minimum Gasteiger partial charge on any atom is -0.495 e. The Kier molecular flexibility index (Phi) is 6.83. The van der Waals surface area contributed by atoms with Crippen LogP contribution in [-0.4, -0.2) is 67.4 Å². The zero-order valence-electron chi connectivity index (χ0n) is 15.8. The third-order valence-electron chi connectivity index (χ3n) is 4.78. The number of hydrogen-bond donors (Lipinski definition) is 1. The van der Waals surface area contributed by atoms with Gasteiger partial charge in [-0.1, -0.05) is 6.92 Å². The normalized spacial score (nSPS) is 16.1. The summed E-state index contributed by atoms with van der Waals surface area (Å²) in [6.45, 7) is 4.02. The van der Waals surface area contributed by atoms with Crippen LogP contribution in [-0.2, 0) is 14.8 Å². The Hall–Kier alpha value is -2.13. The first-order chi connectivity index (χ1) is 12.7. The second kappa shape index (κ2) is 8.71. The summed E-state index contributed by atoms with van der Waals surface area (Å²) in [5.41, 5.74) is 0.120. The van der Waals surface area contributed by atoms with Crippen LogP contribution < -0.4 is 4.74 Å². The number of hydrogen-bond acceptors (Lipinski definition) is 5. The van der Waals surface area contributed by atoms with Gasteiger partial charge in [0.25, 0.3) is 5.91 Å². The van der Waals surface area contributed by atoms with Gasteiger partial charge in [0.15, 0.2) is 0 Å². The smallest absolute Gasteiger partial charge is 0.323 e. The molecule has 1 aromatic rings. The van der Waals surface area contributed by atoms with Crippen molar-refractivity contribution in [1.82, 2.24) is 9.21 Å². The Labute approximate surface area is 159 Å². The molecule has 1 unspecified atom stereocenters. The molecule has 0 aromatic heterocycles. The molecular formula is C18H26N2O6S. The van der Waals surface area contributed by atoms with E-state index in [9.17, 15) is 18.0 Å². The molecule has 0 bridgehead atoms. The molecule has 1 aliphatic rings. The highest BCUT2D eigenvalue weighted by molar-refractivity contribution is 7.89. The Morgan fingerprint density at radius 2 is 1.93 bits per heavy atom. The Balaban J connectivity index is 2.46. The number of nitrogens with zero attached hydrogens (tertiary/aromatic N) is 2. The zero-order valence-corrected chi connectivity index (χ0v) is 16.7.